The van der Waals surface area contributed by atoms with Crippen LogP contribution in [0.25, 0.3) is 0 Å². The first-order valence-electron chi connectivity index (χ1n) is 2.95. The van der Waals surface area contributed by atoms with E-state index in [9.17, 15) is 9.90 Å². The normalized spacial score (nSPS) is 17.6. The van der Waals surface area contributed by atoms with E-state index in [2.05, 4.69) is 0 Å². The van der Waals surface area contributed by atoms with Crippen LogP contribution in [0.2, 0.25) is 0 Å². The molecule has 2 nitrogen and oxygen atoms in total. The van der Waals surface area contributed by atoms with Crippen LogP contribution < -0.4 is 0 Å². The van der Waals surface area contributed by atoms with Crippen molar-refractivity contribution in [2.45, 2.75) is 29.7 Å². The standard InChI is InChI=1S/C6H9Cl3O2/c1-4(10)3-5(2,11)6(7,8)9/h11H,3H2,1-2H3. The van der Waals surface area contributed by atoms with Crippen molar-refractivity contribution in [3.05, 3.63) is 0 Å². The summed E-state index contributed by atoms with van der Waals surface area (Å²) in [4.78, 5) is 10.6. The van der Waals surface area contributed by atoms with Crippen LogP contribution in [0.15, 0.2) is 0 Å². The number of aliphatic hydroxyl groups is 1. The van der Waals surface area contributed by atoms with E-state index >= 15 is 0 Å². The van der Waals surface area contributed by atoms with Gasteiger partial charge in [-0.15, -0.1) is 0 Å². The summed E-state index contributed by atoms with van der Waals surface area (Å²) < 4.78 is -1.82. The number of ketones is 1. The second kappa shape index (κ2) is 3.48. The van der Waals surface area contributed by atoms with Crippen molar-refractivity contribution in [2.75, 3.05) is 0 Å². The first kappa shape index (κ1) is 11.5. The van der Waals surface area contributed by atoms with Crippen LogP contribution in [-0.2, 0) is 4.79 Å². The lowest BCUT2D eigenvalue weighted by molar-refractivity contribution is -0.121. The summed E-state index contributed by atoms with van der Waals surface area (Å²) in [6.07, 6.45) is -0.163. The average molecular weight is 219 g/mol. The van der Waals surface area contributed by atoms with Gasteiger partial charge in [0.15, 0.2) is 0 Å². The van der Waals surface area contributed by atoms with E-state index in [-0.39, 0.29) is 12.2 Å². The highest BCUT2D eigenvalue weighted by Crippen LogP contribution is 2.39. The van der Waals surface area contributed by atoms with Gasteiger partial charge in [0.2, 0.25) is 3.79 Å². The Bertz CT molecular complexity index is 160. The molecule has 5 heteroatoms. The molecule has 1 N–H and O–H groups in total. The summed E-state index contributed by atoms with van der Waals surface area (Å²) in [6.45, 7) is 2.63. The van der Waals surface area contributed by atoms with Crippen molar-refractivity contribution in [3.63, 3.8) is 0 Å². The van der Waals surface area contributed by atoms with E-state index in [1.807, 2.05) is 0 Å². The van der Waals surface area contributed by atoms with E-state index in [1.165, 1.54) is 13.8 Å². The lowest BCUT2D eigenvalue weighted by Crippen LogP contribution is -2.41. The third kappa shape index (κ3) is 3.61. The summed E-state index contributed by atoms with van der Waals surface area (Å²) in [5.74, 6) is -0.221. The number of Topliss-reactive ketones (excluding diaryl/α,β-unsaturated/α-hetero) is 1. The van der Waals surface area contributed by atoms with Gasteiger partial charge in [-0.2, -0.15) is 0 Å². The molecule has 66 valence electrons. The molecule has 0 spiro atoms. The minimum Gasteiger partial charge on any atom is -0.385 e. The van der Waals surface area contributed by atoms with Gasteiger partial charge in [0.1, 0.15) is 11.4 Å². The molecule has 0 aliphatic carbocycles. The summed E-state index contributed by atoms with van der Waals surface area (Å²) in [5, 5.41) is 9.40. The molecule has 0 rings (SSSR count). The molecule has 0 aliphatic rings. The number of rotatable bonds is 2. The Morgan fingerprint density at radius 3 is 1.91 bits per heavy atom. The van der Waals surface area contributed by atoms with Crippen LogP contribution in [0, 0.1) is 0 Å². The summed E-state index contributed by atoms with van der Waals surface area (Å²) in [5.41, 5.74) is -1.59. The van der Waals surface area contributed by atoms with Crippen molar-refractivity contribution in [1.29, 1.82) is 0 Å². The third-order valence-electron chi connectivity index (χ3n) is 1.20. The fraction of sp³-hybridized carbons (Fsp3) is 0.833. The number of carbonyl (C=O) groups excluding carboxylic acids is 1. The zero-order chi connectivity index (χ0) is 9.28. The molecule has 0 aliphatic heterocycles. The highest BCUT2D eigenvalue weighted by molar-refractivity contribution is 6.68. The molecule has 0 saturated carbocycles. The van der Waals surface area contributed by atoms with Gasteiger partial charge < -0.3 is 5.11 Å². The predicted molar refractivity (Wildman–Crippen MR) is 46.2 cm³/mol. The Hall–Kier alpha value is 0.500. The molecule has 0 amide bonds. The van der Waals surface area contributed by atoms with E-state index in [1.54, 1.807) is 0 Å². The van der Waals surface area contributed by atoms with Gasteiger partial charge in [0.25, 0.3) is 0 Å². The Kier molecular flexibility index (Phi) is 3.64. The fourth-order valence-corrected chi connectivity index (χ4v) is 0.785. The van der Waals surface area contributed by atoms with Crippen LogP contribution in [0.1, 0.15) is 20.3 Å². The van der Waals surface area contributed by atoms with Crippen molar-refractivity contribution in [1.82, 2.24) is 0 Å². The highest BCUT2D eigenvalue weighted by Gasteiger charge is 2.43. The maximum Gasteiger partial charge on any atom is 0.218 e. The summed E-state index contributed by atoms with van der Waals surface area (Å²) in [7, 11) is 0. The first-order chi connectivity index (χ1) is 4.67. The zero-order valence-electron chi connectivity index (χ0n) is 6.20. The van der Waals surface area contributed by atoms with Crippen molar-refractivity contribution < 1.29 is 9.90 Å². The topological polar surface area (TPSA) is 37.3 Å². The molecule has 0 aromatic rings. The minimum atomic E-state index is -1.82. The number of hydrogen-bond acceptors (Lipinski definition) is 2. The molecule has 0 bridgehead atoms. The average Bonchev–Trinajstić information content (AvgIpc) is 1.56. The molecule has 11 heavy (non-hydrogen) atoms. The molecule has 1 unspecified atom stereocenters. The van der Waals surface area contributed by atoms with E-state index in [0.717, 1.165) is 0 Å². The van der Waals surface area contributed by atoms with Crippen LogP contribution in [-0.4, -0.2) is 20.3 Å². The van der Waals surface area contributed by atoms with Gasteiger partial charge in [-0.1, -0.05) is 34.8 Å². The van der Waals surface area contributed by atoms with Crippen molar-refractivity contribution >= 4 is 40.6 Å². The molecule has 0 saturated heterocycles. The molecule has 0 radical (unpaired) electrons. The molecule has 0 aromatic heterocycles. The van der Waals surface area contributed by atoms with E-state index < -0.39 is 9.39 Å². The Labute approximate surface area is 80.4 Å². The fourth-order valence-electron chi connectivity index (χ4n) is 0.585. The molecule has 0 fully saturated rings. The first-order valence-corrected chi connectivity index (χ1v) is 4.09. The van der Waals surface area contributed by atoms with Crippen LogP contribution in [0.3, 0.4) is 0 Å². The molecular formula is C6H9Cl3O2. The zero-order valence-corrected chi connectivity index (χ0v) is 8.46. The summed E-state index contributed by atoms with van der Waals surface area (Å²) >= 11 is 16.2. The van der Waals surface area contributed by atoms with Gasteiger partial charge in [-0.05, 0) is 13.8 Å². The second-order valence-electron chi connectivity index (χ2n) is 2.65. The quantitative estimate of drug-likeness (QED) is 0.722. The molecule has 0 heterocycles. The maximum atomic E-state index is 10.6. The molecular weight excluding hydrogens is 210 g/mol. The van der Waals surface area contributed by atoms with Gasteiger partial charge in [-0.3, -0.25) is 4.79 Å². The summed E-state index contributed by atoms with van der Waals surface area (Å²) in [6, 6.07) is 0. The lowest BCUT2D eigenvalue weighted by atomic mass is 10.0. The molecule has 1 atom stereocenters. The minimum absolute atomic E-state index is 0.163. The van der Waals surface area contributed by atoms with Gasteiger partial charge >= 0.3 is 0 Å². The van der Waals surface area contributed by atoms with Gasteiger partial charge in [-0.25, -0.2) is 0 Å². The molecule has 0 aromatic carbocycles. The van der Waals surface area contributed by atoms with Crippen molar-refractivity contribution in [3.8, 4) is 0 Å². The Morgan fingerprint density at radius 2 is 1.82 bits per heavy atom. The largest absolute Gasteiger partial charge is 0.385 e. The van der Waals surface area contributed by atoms with Crippen LogP contribution >= 0.6 is 34.8 Å². The smallest absolute Gasteiger partial charge is 0.218 e. The van der Waals surface area contributed by atoms with Crippen LogP contribution in [0.5, 0.6) is 0 Å². The third-order valence-corrected chi connectivity index (χ3v) is 2.43. The Morgan fingerprint density at radius 1 is 1.45 bits per heavy atom. The highest BCUT2D eigenvalue weighted by atomic mass is 35.6. The van der Waals surface area contributed by atoms with E-state index in [4.69, 9.17) is 34.8 Å². The van der Waals surface area contributed by atoms with Crippen LogP contribution in [0.4, 0.5) is 0 Å². The predicted octanol–water partition coefficient (Wildman–Crippen LogP) is 2.09. The monoisotopic (exact) mass is 218 g/mol. The SMILES string of the molecule is CC(=O)CC(C)(O)C(Cl)(Cl)Cl. The van der Waals surface area contributed by atoms with Gasteiger partial charge in [0, 0.05) is 6.42 Å². The number of carbonyl (C=O) groups is 1. The number of halogens is 3. The van der Waals surface area contributed by atoms with E-state index in [0.29, 0.717) is 0 Å². The van der Waals surface area contributed by atoms with Crippen molar-refractivity contribution in [2.24, 2.45) is 0 Å². The van der Waals surface area contributed by atoms with Gasteiger partial charge in [0.05, 0.1) is 0 Å². The second-order valence-corrected chi connectivity index (χ2v) is 4.93. The lowest BCUT2D eigenvalue weighted by Gasteiger charge is -2.29. The number of hydrogen-bond donors (Lipinski definition) is 1. The Balaban J connectivity index is 4.34. The maximum absolute atomic E-state index is 10.6. The number of alkyl halides is 3.